The van der Waals surface area contributed by atoms with E-state index in [9.17, 15) is 0 Å². The Hall–Kier alpha value is -1.22. The normalized spacial score (nSPS) is 28.9. The molecule has 0 saturated heterocycles. The number of fused-ring (bicyclic) bond motifs is 1. The summed E-state index contributed by atoms with van der Waals surface area (Å²) in [7, 11) is 3.43. The molecule has 3 heteroatoms. The third-order valence-electron chi connectivity index (χ3n) is 5.01. The molecule has 3 unspecified atom stereocenters. The number of hydrogen-bond donors (Lipinski definition) is 1. The number of methoxy groups -OCH3 is 2. The third-order valence-corrected chi connectivity index (χ3v) is 5.01. The first-order valence-corrected chi connectivity index (χ1v) is 7.74. The molecule has 1 N–H and O–H groups in total. The summed E-state index contributed by atoms with van der Waals surface area (Å²) in [5, 5.41) is 3.68. The smallest absolute Gasteiger partial charge is 0.122 e. The summed E-state index contributed by atoms with van der Waals surface area (Å²) in [6.07, 6.45) is 4.25. The fourth-order valence-electron chi connectivity index (χ4n) is 4.08. The lowest BCUT2D eigenvalue weighted by molar-refractivity contribution is 0.385. The summed E-state index contributed by atoms with van der Waals surface area (Å²) >= 11 is 0. The average Bonchev–Trinajstić information content (AvgIpc) is 2.94. The predicted octanol–water partition coefficient (Wildman–Crippen LogP) is 3.40. The van der Waals surface area contributed by atoms with E-state index >= 15 is 0 Å². The maximum absolute atomic E-state index is 5.41. The Bertz CT molecular complexity index is 442. The van der Waals surface area contributed by atoms with Crippen LogP contribution in [0.15, 0.2) is 18.2 Å². The van der Waals surface area contributed by atoms with Gasteiger partial charge in [-0.05, 0) is 54.8 Å². The lowest BCUT2D eigenvalue weighted by Crippen LogP contribution is -2.24. The highest BCUT2D eigenvalue weighted by Gasteiger charge is 2.55. The molecule has 0 spiro atoms. The Morgan fingerprint density at radius 3 is 2.20 bits per heavy atom. The van der Waals surface area contributed by atoms with Gasteiger partial charge in [0.05, 0.1) is 14.2 Å². The van der Waals surface area contributed by atoms with Crippen LogP contribution in [0.3, 0.4) is 0 Å². The molecule has 2 fully saturated rings. The largest absolute Gasteiger partial charge is 0.497 e. The molecule has 1 aromatic carbocycles. The summed E-state index contributed by atoms with van der Waals surface area (Å²) < 4.78 is 10.8. The molecule has 0 amide bonds. The zero-order chi connectivity index (χ0) is 14.1. The van der Waals surface area contributed by atoms with Gasteiger partial charge in [0, 0.05) is 12.1 Å². The van der Waals surface area contributed by atoms with Crippen LogP contribution < -0.4 is 14.8 Å². The zero-order valence-electron chi connectivity index (χ0n) is 12.7. The van der Waals surface area contributed by atoms with E-state index in [1.165, 1.54) is 24.8 Å². The molecule has 2 saturated carbocycles. The van der Waals surface area contributed by atoms with Crippen molar-refractivity contribution < 1.29 is 9.47 Å². The van der Waals surface area contributed by atoms with Crippen molar-refractivity contribution >= 4 is 0 Å². The minimum Gasteiger partial charge on any atom is -0.497 e. The average molecular weight is 275 g/mol. The van der Waals surface area contributed by atoms with Crippen molar-refractivity contribution in [3.63, 3.8) is 0 Å². The minimum atomic E-state index is 0.444. The Kier molecular flexibility index (Phi) is 3.88. The van der Waals surface area contributed by atoms with Gasteiger partial charge in [0.1, 0.15) is 11.5 Å². The summed E-state index contributed by atoms with van der Waals surface area (Å²) in [5.74, 6) is 4.45. The predicted molar refractivity (Wildman–Crippen MR) is 80.3 cm³/mol. The molecule has 0 heterocycles. The monoisotopic (exact) mass is 275 g/mol. The first-order valence-electron chi connectivity index (χ1n) is 7.74. The highest BCUT2D eigenvalue weighted by Crippen LogP contribution is 2.62. The van der Waals surface area contributed by atoms with Crippen molar-refractivity contribution in [3.05, 3.63) is 23.8 Å². The highest BCUT2D eigenvalue weighted by atomic mass is 16.5. The molecule has 0 aromatic heterocycles. The van der Waals surface area contributed by atoms with Gasteiger partial charge >= 0.3 is 0 Å². The van der Waals surface area contributed by atoms with E-state index in [2.05, 4.69) is 24.4 Å². The summed E-state index contributed by atoms with van der Waals surface area (Å²) in [6.45, 7) is 3.18. The van der Waals surface area contributed by atoms with Gasteiger partial charge in [0.2, 0.25) is 0 Å². The second-order valence-corrected chi connectivity index (χ2v) is 6.02. The molecule has 2 aliphatic rings. The Labute approximate surface area is 121 Å². The van der Waals surface area contributed by atoms with Crippen LogP contribution in [0, 0.1) is 17.8 Å². The molecule has 20 heavy (non-hydrogen) atoms. The number of hydrogen-bond acceptors (Lipinski definition) is 3. The van der Waals surface area contributed by atoms with Gasteiger partial charge in [-0.3, -0.25) is 0 Å². The van der Waals surface area contributed by atoms with E-state index in [1.807, 2.05) is 6.07 Å². The number of ether oxygens (including phenoxy) is 2. The van der Waals surface area contributed by atoms with Gasteiger partial charge in [0.25, 0.3) is 0 Å². The first-order chi connectivity index (χ1) is 9.78. The maximum Gasteiger partial charge on any atom is 0.122 e. The molecule has 2 aliphatic carbocycles. The third kappa shape index (κ3) is 2.39. The van der Waals surface area contributed by atoms with Crippen LogP contribution in [0.25, 0.3) is 0 Å². The van der Waals surface area contributed by atoms with Gasteiger partial charge in [-0.2, -0.15) is 0 Å². The van der Waals surface area contributed by atoms with Crippen LogP contribution in [0.4, 0.5) is 0 Å². The molecule has 3 atom stereocenters. The lowest BCUT2D eigenvalue weighted by Gasteiger charge is -2.21. The number of benzene rings is 1. The van der Waals surface area contributed by atoms with E-state index in [0.717, 1.165) is 35.8 Å². The Balaban J connectivity index is 1.87. The van der Waals surface area contributed by atoms with Crippen molar-refractivity contribution in [1.29, 1.82) is 0 Å². The molecule has 0 aliphatic heterocycles. The minimum absolute atomic E-state index is 0.444. The van der Waals surface area contributed by atoms with Gasteiger partial charge in [0.15, 0.2) is 0 Å². The molecule has 3 nitrogen and oxygen atoms in total. The number of rotatable bonds is 6. The topological polar surface area (TPSA) is 30.5 Å². The molecule has 0 radical (unpaired) electrons. The van der Waals surface area contributed by atoms with Crippen molar-refractivity contribution in [2.75, 3.05) is 20.8 Å². The quantitative estimate of drug-likeness (QED) is 0.863. The van der Waals surface area contributed by atoms with Crippen molar-refractivity contribution in [3.8, 4) is 11.5 Å². The second kappa shape index (κ2) is 5.65. The first kappa shape index (κ1) is 13.7. The van der Waals surface area contributed by atoms with E-state index in [-0.39, 0.29) is 0 Å². The van der Waals surface area contributed by atoms with Crippen LogP contribution in [0.1, 0.15) is 37.8 Å². The van der Waals surface area contributed by atoms with E-state index in [1.54, 1.807) is 14.2 Å². The van der Waals surface area contributed by atoms with Gasteiger partial charge < -0.3 is 14.8 Å². The Morgan fingerprint density at radius 2 is 1.70 bits per heavy atom. The lowest BCUT2D eigenvalue weighted by atomic mass is 9.96. The van der Waals surface area contributed by atoms with Crippen molar-refractivity contribution in [1.82, 2.24) is 5.32 Å². The standard InChI is InChI=1S/C17H25NO2/c1-4-18-17(16-14-6-5-7-15(14)16)11-8-12(19-2)10-13(9-11)20-3/h8-10,14-18H,4-7H2,1-3H3. The van der Waals surface area contributed by atoms with E-state index in [4.69, 9.17) is 9.47 Å². The second-order valence-electron chi connectivity index (χ2n) is 6.02. The SMILES string of the molecule is CCNC(c1cc(OC)cc(OC)c1)C1C2CCCC21. The fourth-order valence-corrected chi connectivity index (χ4v) is 4.08. The summed E-state index contributed by atoms with van der Waals surface area (Å²) in [5.41, 5.74) is 1.31. The summed E-state index contributed by atoms with van der Waals surface area (Å²) in [6, 6.07) is 6.70. The summed E-state index contributed by atoms with van der Waals surface area (Å²) in [4.78, 5) is 0. The molecule has 3 rings (SSSR count). The number of nitrogens with one attached hydrogen (secondary N) is 1. The van der Waals surface area contributed by atoms with Crippen LogP contribution in [0.2, 0.25) is 0 Å². The van der Waals surface area contributed by atoms with Crippen LogP contribution in [-0.4, -0.2) is 20.8 Å². The molecular formula is C17H25NO2. The van der Waals surface area contributed by atoms with Crippen molar-refractivity contribution in [2.45, 2.75) is 32.2 Å². The van der Waals surface area contributed by atoms with E-state index in [0.29, 0.717) is 6.04 Å². The molecule has 1 aromatic rings. The van der Waals surface area contributed by atoms with Crippen LogP contribution in [0.5, 0.6) is 11.5 Å². The van der Waals surface area contributed by atoms with Gasteiger partial charge in [-0.15, -0.1) is 0 Å². The van der Waals surface area contributed by atoms with E-state index < -0.39 is 0 Å². The highest BCUT2D eigenvalue weighted by molar-refractivity contribution is 5.40. The van der Waals surface area contributed by atoms with Gasteiger partial charge in [-0.25, -0.2) is 0 Å². The molecular weight excluding hydrogens is 250 g/mol. The zero-order valence-corrected chi connectivity index (χ0v) is 12.7. The molecule has 0 bridgehead atoms. The molecule has 110 valence electrons. The van der Waals surface area contributed by atoms with Crippen molar-refractivity contribution in [2.24, 2.45) is 17.8 Å². The Morgan fingerprint density at radius 1 is 1.10 bits per heavy atom. The van der Waals surface area contributed by atoms with Gasteiger partial charge in [-0.1, -0.05) is 13.3 Å². The fraction of sp³-hybridized carbons (Fsp3) is 0.647. The maximum atomic E-state index is 5.41. The van der Waals surface area contributed by atoms with Crippen LogP contribution >= 0.6 is 0 Å². The van der Waals surface area contributed by atoms with Crippen LogP contribution in [-0.2, 0) is 0 Å².